The summed E-state index contributed by atoms with van der Waals surface area (Å²) in [4.78, 5) is 0. The lowest BCUT2D eigenvalue weighted by molar-refractivity contribution is 0.606. The molecule has 0 aromatic heterocycles. The van der Waals surface area contributed by atoms with Gasteiger partial charge in [0.25, 0.3) is 0 Å². The molecular weight excluding hydrogens is 375 g/mol. The number of hydrogen-bond acceptors (Lipinski definition) is 3. The van der Waals surface area contributed by atoms with Crippen LogP contribution in [0.2, 0.25) is 0 Å². The summed E-state index contributed by atoms with van der Waals surface area (Å²) >= 11 is 0. The standard InChI is InChI=1S/C22H23FN2O2S/c1-28(26,27)25-22-9-5-8-19(14-17-6-3-2-4-7-17)21(22)16-24-15-18-10-12-20(23)13-11-18/h2-13,24-25H,14-16H2,1H3. The van der Waals surface area contributed by atoms with E-state index in [1.807, 2.05) is 42.5 Å². The van der Waals surface area contributed by atoms with Crippen LogP contribution in [0.5, 0.6) is 0 Å². The van der Waals surface area contributed by atoms with E-state index in [1.54, 1.807) is 18.2 Å². The van der Waals surface area contributed by atoms with E-state index >= 15 is 0 Å². The van der Waals surface area contributed by atoms with Crippen molar-refractivity contribution < 1.29 is 12.8 Å². The minimum absolute atomic E-state index is 0.267. The third-order valence-electron chi connectivity index (χ3n) is 4.35. The monoisotopic (exact) mass is 398 g/mol. The molecule has 0 bridgehead atoms. The van der Waals surface area contributed by atoms with Crippen molar-refractivity contribution in [2.75, 3.05) is 11.0 Å². The third-order valence-corrected chi connectivity index (χ3v) is 4.94. The van der Waals surface area contributed by atoms with Gasteiger partial charge in [-0.25, -0.2) is 12.8 Å². The van der Waals surface area contributed by atoms with Gasteiger partial charge in [-0.15, -0.1) is 0 Å². The highest BCUT2D eigenvalue weighted by Crippen LogP contribution is 2.24. The maximum absolute atomic E-state index is 13.1. The first-order valence-electron chi connectivity index (χ1n) is 8.98. The Kier molecular flexibility index (Phi) is 6.44. The second kappa shape index (κ2) is 8.99. The minimum Gasteiger partial charge on any atom is -0.309 e. The summed E-state index contributed by atoms with van der Waals surface area (Å²) in [5.41, 5.74) is 4.63. The quantitative estimate of drug-likeness (QED) is 0.601. The topological polar surface area (TPSA) is 58.2 Å². The number of nitrogens with one attached hydrogen (secondary N) is 2. The molecule has 146 valence electrons. The van der Waals surface area contributed by atoms with Gasteiger partial charge in [-0.3, -0.25) is 4.72 Å². The van der Waals surface area contributed by atoms with Crippen molar-refractivity contribution in [2.45, 2.75) is 19.5 Å². The van der Waals surface area contributed by atoms with Crippen molar-refractivity contribution in [3.63, 3.8) is 0 Å². The highest BCUT2D eigenvalue weighted by Gasteiger charge is 2.12. The van der Waals surface area contributed by atoms with Crippen LogP contribution in [0, 0.1) is 5.82 Å². The fourth-order valence-corrected chi connectivity index (χ4v) is 3.64. The molecule has 4 nitrogen and oxygen atoms in total. The fraction of sp³-hybridized carbons (Fsp3) is 0.182. The van der Waals surface area contributed by atoms with E-state index in [1.165, 1.54) is 12.1 Å². The Morgan fingerprint density at radius 1 is 0.821 bits per heavy atom. The molecule has 2 N–H and O–H groups in total. The van der Waals surface area contributed by atoms with Crippen molar-refractivity contribution in [2.24, 2.45) is 0 Å². The molecule has 0 heterocycles. The summed E-state index contributed by atoms with van der Waals surface area (Å²) in [6, 6.07) is 22.0. The molecule has 0 spiro atoms. The lowest BCUT2D eigenvalue weighted by Gasteiger charge is -2.17. The average molecular weight is 399 g/mol. The first-order chi connectivity index (χ1) is 13.4. The normalized spacial score (nSPS) is 11.4. The van der Waals surface area contributed by atoms with Crippen molar-refractivity contribution in [3.05, 3.63) is 101 Å². The van der Waals surface area contributed by atoms with Crippen LogP contribution in [-0.4, -0.2) is 14.7 Å². The summed E-state index contributed by atoms with van der Waals surface area (Å²) in [5.74, 6) is -0.267. The van der Waals surface area contributed by atoms with Crippen LogP contribution in [0.25, 0.3) is 0 Å². The Balaban J connectivity index is 1.82. The summed E-state index contributed by atoms with van der Waals surface area (Å²) in [6.07, 6.45) is 1.85. The number of sulfonamides is 1. The fourth-order valence-electron chi connectivity index (χ4n) is 3.05. The Morgan fingerprint density at radius 2 is 1.54 bits per heavy atom. The van der Waals surface area contributed by atoms with Gasteiger partial charge in [0.05, 0.1) is 11.9 Å². The van der Waals surface area contributed by atoms with Gasteiger partial charge in [0.1, 0.15) is 5.82 Å². The average Bonchev–Trinajstić information content (AvgIpc) is 2.65. The van der Waals surface area contributed by atoms with Crippen molar-refractivity contribution >= 4 is 15.7 Å². The largest absolute Gasteiger partial charge is 0.309 e. The van der Waals surface area contributed by atoms with Crippen molar-refractivity contribution in [1.82, 2.24) is 5.32 Å². The smallest absolute Gasteiger partial charge is 0.229 e. The number of anilines is 1. The van der Waals surface area contributed by atoms with Gasteiger partial charge in [-0.05, 0) is 46.9 Å². The second-order valence-corrected chi connectivity index (χ2v) is 8.46. The van der Waals surface area contributed by atoms with Crippen LogP contribution < -0.4 is 10.0 Å². The minimum atomic E-state index is -3.39. The zero-order valence-electron chi connectivity index (χ0n) is 15.7. The number of hydrogen-bond donors (Lipinski definition) is 2. The van der Waals surface area contributed by atoms with Crippen molar-refractivity contribution in [1.29, 1.82) is 0 Å². The van der Waals surface area contributed by atoms with Crippen molar-refractivity contribution in [3.8, 4) is 0 Å². The predicted molar refractivity (Wildman–Crippen MR) is 111 cm³/mol. The van der Waals surface area contributed by atoms with Crippen LogP contribution in [0.3, 0.4) is 0 Å². The van der Waals surface area contributed by atoms with E-state index in [4.69, 9.17) is 0 Å². The number of rotatable bonds is 8. The molecule has 3 aromatic rings. The summed E-state index contributed by atoms with van der Waals surface area (Å²) in [7, 11) is -3.39. The molecule has 0 aliphatic heterocycles. The van der Waals surface area contributed by atoms with Gasteiger partial charge in [0.2, 0.25) is 10.0 Å². The molecule has 0 amide bonds. The Hall–Kier alpha value is -2.70. The van der Waals surface area contributed by atoms with Gasteiger partial charge < -0.3 is 5.32 Å². The van der Waals surface area contributed by atoms with Gasteiger partial charge in [0, 0.05) is 13.1 Å². The molecule has 28 heavy (non-hydrogen) atoms. The molecule has 0 unspecified atom stereocenters. The van der Waals surface area contributed by atoms with E-state index in [-0.39, 0.29) is 5.82 Å². The second-order valence-electron chi connectivity index (χ2n) is 6.71. The molecule has 0 aliphatic carbocycles. The summed E-state index contributed by atoms with van der Waals surface area (Å²) in [6.45, 7) is 1.04. The molecule has 0 fully saturated rings. The zero-order chi connectivity index (χ0) is 20.0. The van der Waals surface area contributed by atoms with E-state index in [2.05, 4.69) is 10.0 Å². The number of halogens is 1. The molecule has 0 radical (unpaired) electrons. The highest BCUT2D eigenvalue weighted by atomic mass is 32.2. The van der Waals surface area contributed by atoms with E-state index in [0.29, 0.717) is 25.2 Å². The highest BCUT2D eigenvalue weighted by molar-refractivity contribution is 7.92. The van der Waals surface area contributed by atoms with E-state index in [9.17, 15) is 12.8 Å². The SMILES string of the molecule is CS(=O)(=O)Nc1cccc(Cc2ccccc2)c1CNCc1ccc(F)cc1. The molecule has 0 atom stereocenters. The van der Waals surface area contributed by atoms with Crippen LogP contribution in [-0.2, 0) is 29.5 Å². The Bertz CT molecular complexity index is 1020. The summed E-state index contributed by atoms with van der Waals surface area (Å²) < 4.78 is 39.2. The lowest BCUT2D eigenvalue weighted by atomic mass is 9.98. The van der Waals surface area contributed by atoms with Crippen LogP contribution in [0.4, 0.5) is 10.1 Å². The van der Waals surface area contributed by atoms with Crippen LogP contribution in [0.15, 0.2) is 72.8 Å². The maximum atomic E-state index is 13.1. The Morgan fingerprint density at radius 3 is 2.21 bits per heavy atom. The zero-order valence-corrected chi connectivity index (χ0v) is 16.5. The molecule has 0 aliphatic rings. The van der Waals surface area contributed by atoms with Gasteiger partial charge >= 0.3 is 0 Å². The molecule has 0 saturated carbocycles. The maximum Gasteiger partial charge on any atom is 0.229 e. The lowest BCUT2D eigenvalue weighted by Crippen LogP contribution is -2.18. The van der Waals surface area contributed by atoms with E-state index < -0.39 is 10.0 Å². The Labute approximate surface area is 165 Å². The van der Waals surface area contributed by atoms with E-state index in [0.717, 1.165) is 28.5 Å². The first-order valence-corrected chi connectivity index (χ1v) is 10.9. The molecule has 6 heteroatoms. The molecule has 3 aromatic carbocycles. The van der Waals surface area contributed by atoms with Gasteiger partial charge in [-0.2, -0.15) is 0 Å². The predicted octanol–water partition coefficient (Wildman–Crippen LogP) is 4.08. The molecule has 0 saturated heterocycles. The molecule has 3 rings (SSSR count). The third kappa shape index (κ3) is 5.90. The van der Waals surface area contributed by atoms with Gasteiger partial charge in [0.15, 0.2) is 0 Å². The molecular formula is C22H23FN2O2S. The summed E-state index contributed by atoms with van der Waals surface area (Å²) in [5, 5.41) is 3.33. The first kappa shape index (κ1) is 20.0. The van der Waals surface area contributed by atoms with Crippen LogP contribution in [0.1, 0.15) is 22.3 Å². The van der Waals surface area contributed by atoms with Crippen LogP contribution >= 0.6 is 0 Å². The van der Waals surface area contributed by atoms with Gasteiger partial charge in [-0.1, -0.05) is 54.6 Å². The number of benzene rings is 3.